The van der Waals surface area contributed by atoms with Crippen molar-refractivity contribution in [3.63, 3.8) is 0 Å². The Bertz CT molecular complexity index is 129. The number of carbonyl (C=O) groups is 1. The summed E-state index contributed by atoms with van der Waals surface area (Å²) < 4.78 is 0. The fourth-order valence-electron chi connectivity index (χ4n) is 0.0719. The van der Waals surface area contributed by atoms with Crippen LogP contribution in [0.25, 0.3) is 0 Å². The summed E-state index contributed by atoms with van der Waals surface area (Å²) in [6.45, 7) is 2.77. The number of carbonyl (C=O) groups excluding carboxylic acids is 2. The third-order valence-corrected chi connectivity index (χ3v) is 0.681. The van der Waals surface area contributed by atoms with Crippen LogP contribution in [0.5, 0.6) is 0 Å². The van der Waals surface area contributed by atoms with E-state index < -0.39 is 0 Å². The van der Waals surface area contributed by atoms with Gasteiger partial charge in [-0.15, -0.1) is 0 Å². The van der Waals surface area contributed by atoms with E-state index >= 15 is 0 Å². The van der Waals surface area contributed by atoms with E-state index in [1.807, 2.05) is 0 Å². The molecule has 2 nitrogen and oxygen atoms in total. The fraction of sp³-hybridized carbons (Fsp3) is 0.400. The van der Waals surface area contributed by atoms with Gasteiger partial charge in [0.1, 0.15) is 5.94 Å². The first-order valence-electron chi connectivity index (χ1n) is 1.91. The van der Waals surface area contributed by atoms with Crippen molar-refractivity contribution in [2.75, 3.05) is 0 Å². The van der Waals surface area contributed by atoms with E-state index in [1.54, 1.807) is 0 Å². The van der Waals surface area contributed by atoms with Gasteiger partial charge < -0.3 is 0 Å². The largest absolute Gasteiger partial charge is 0.294 e. The van der Waals surface area contributed by atoms with Crippen LogP contribution in [0.4, 0.5) is 0 Å². The topological polar surface area (TPSA) is 34.1 Å². The Morgan fingerprint density at radius 3 is 1.86 bits per heavy atom. The Kier molecular flexibility index (Phi) is 2.03. The standard InChI is InChI=1S/C5H6O2/c1-4(3-6)5(2)7/h1-2H3/i1+1. The molecular formula is C5H6O2. The van der Waals surface area contributed by atoms with E-state index in [9.17, 15) is 9.59 Å². The van der Waals surface area contributed by atoms with E-state index in [-0.39, 0.29) is 11.4 Å². The van der Waals surface area contributed by atoms with Crippen LogP contribution in [0.1, 0.15) is 13.8 Å². The zero-order chi connectivity index (χ0) is 5.86. The SMILES string of the molecule is CC(=O)C([13CH3])=C=O. The van der Waals surface area contributed by atoms with Crippen LogP contribution in [-0.4, -0.2) is 11.7 Å². The molecule has 0 aliphatic rings. The van der Waals surface area contributed by atoms with Crippen LogP contribution >= 0.6 is 0 Å². The molecule has 7 heavy (non-hydrogen) atoms. The Morgan fingerprint density at radius 2 is 1.86 bits per heavy atom. The van der Waals surface area contributed by atoms with Gasteiger partial charge in [0, 0.05) is 0 Å². The predicted molar refractivity (Wildman–Crippen MR) is 25.6 cm³/mol. The Morgan fingerprint density at radius 1 is 1.43 bits per heavy atom. The fourth-order valence-corrected chi connectivity index (χ4v) is 0.0719. The zero-order valence-electron chi connectivity index (χ0n) is 4.32. The lowest BCUT2D eigenvalue weighted by Crippen LogP contribution is -1.90. The summed E-state index contributed by atoms with van der Waals surface area (Å²) in [7, 11) is 0. The quantitative estimate of drug-likeness (QED) is 0.270. The van der Waals surface area contributed by atoms with Gasteiger partial charge in [0.2, 0.25) is 0 Å². The summed E-state index contributed by atoms with van der Waals surface area (Å²) in [4.78, 5) is 19.6. The molecule has 0 radical (unpaired) electrons. The van der Waals surface area contributed by atoms with Crippen molar-refractivity contribution < 1.29 is 9.59 Å². The Hall–Kier alpha value is -0.880. The molecule has 0 heterocycles. The van der Waals surface area contributed by atoms with Gasteiger partial charge in [0.25, 0.3) is 0 Å². The molecule has 0 unspecified atom stereocenters. The number of rotatable bonds is 1. The van der Waals surface area contributed by atoms with Gasteiger partial charge in [-0.2, -0.15) is 0 Å². The van der Waals surface area contributed by atoms with Crippen LogP contribution in [0, 0.1) is 0 Å². The second kappa shape index (κ2) is 2.32. The average molecular weight is 99.1 g/mol. The minimum atomic E-state index is -0.213. The number of hydrogen-bond acceptors (Lipinski definition) is 2. The van der Waals surface area contributed by atoms with E-state index in [0.717, 1.165) is 0 Å². The molecule has 0 N–H and O–H groups in total. The number of ketones is 1. The van der Waals surface area contributed by atoms with Gasteiger partial charge in [-0.25, -0.2) is 4.79 Å². The molecule has 2 heteroatoms. The number of allylic oxidation sites excluding steroid dienone is 1. The van der Waals surface area contributed by atoms with Crippen molar-refractivity contribution >= 4 is 11.7 Å². The van der Waals surface area contributed by atoms with Crippen molar-refractivity contribution in [1.82, 2.24) is 0 Å². The summed E-state index contributed by atoms with van der Waals surface area (Å²) in [6, 6.07) is 0. The maximum absolute atomic E-state index is 10.1. The molecule has 0 saturated carbocycles. The van der Waals surface area contributed by atoms with Gasteiger partial charge >= 0.3 is 0 Å². The lowest BCUT2D eigenvalue weighted by atomic mass is 10.3. The van der Waals surface area contributed by atoms with E-state index in [0.29, 0.717) is 0 Å². The molecule has 0 aliphatic carbocycles. The van der Waals surface area contributed by atoms with Crippen molar-refractivity contribution in [3.8, 4) is 0 Å². The van der Waals surface area contributed by atoms with Crippen molar-refractivity contribution in [1.29, 1.82) is 0 Å². The van der Waals surface area contributed by atoms with Gasteiger partial charge in [0.05, 0.1) is 5.57 Å². The van der Waals surface area contributed by atoms with E-state index in [1.165, 1.54) is 19.8 Å². The molecule has 0 aliphatic heterocycles. The lowest BCUT2D eigenvalue weighted by Gasteiger charge is -1.77. The third-order valence-electron chi connectivity index (χ3n) is 0.681. The molecular weight excluding hydrogens is 93.0 g/mol. The lowest BCUT2D eigenvalue weighted by molar-refractivity contribution is -0.113. The molecule has 0 aromatic heterocycles. The van der Waals surface area contributed by atoms with E-state index in [4.69, 9.17) is 0 Å². The highest BCUT2D eigenvalue weighted by atomic mass is 16.1. The maximum Gasteiger partial charge on any atom is 0.166 e. The summed E-state index contributed by atoms with van der Waals surface area (Å²) >= 11 is 0. The van der Waals surface area contributed by atoms with Gasteiger partial charge in [0.15, 0.2) is 5.78 Å². The van der Waals surface area contributed by atoms with Crippen LogP contribution in [0.2, 0.25) is 0 Å². The highest BCUT2D eigenvalue weighted by Crippen LogP contribution is 1.82. The molecule has 0 atom stereocenters. The molecule has 0 aromatic rings. The minimum Gasteiger partial charge on any atom is -0.294 e. The van der Waals surface area contributed by atoms with Crippen LogP contribution in [0.3, 0.4) is 0 Å². The summed E-state index contributed by atoms with van der Waals surface area (Å²) in [5.74, 6) is 1.27. The smallest absolute Gasteiger partial charge is 0.166 e. The molecule has 0 aromatic carbocycles. The van der Waals surface area contributed by atoms with E-state index in [2.05, 4.69) is 0 Å². The minimum absolute atomic E-state index is 0.153. The van der Waals surface area contributed by atoms with Crippen molar-refractivity contribution in [2.24, 2.45) is 0 Å². The van der Waals surface area contributed by atoms with Gasteiger partial charge in [-0.3, -0.25) is 4.79 Å². The monoisotopic (exact) mass is 99.0 g/mol. The Labute approximate surface area is 41.8 Å². The molecule has 38 valence electrons. The summed E-state index contributed by atoms with van der Waals surface area (Å²) in [5.41, 5.74) is 0.153. The predicted octanol–water partition coefficient (Wildman–Crippen LogP) is 0.353. The Balaban J connectivity index is 4.10. The highest BCUT2D eigenvalue weighted by molar-refractivity contribution is 5.99. The zero-order valence-corrected chi connectivity index (χ0v) is 4.32. The maximum atomic E-state index is 10.1. The molecule has 0 saturated heterocycles. The second-order valence-corrected chi connectivity index (χ2v) is 1.28. The third kappa shape index (κ3) is 1.90. The molecule has 0 spiro atoms. The van der Waals surface area contributed by atoms with Crippen LogP contribution < -0.4 is 0 Å². The highest BCUT2D eigenvalue weighted by Gasteiger charge is 1.92. The van der Waals surface area contributed by atoms with Gasteiger partial charge in [-0.05, 0) is 13.8 Å². The van der Waals surface area contributed by atoms with Crippen molar-refractivity contribution in [3.05, 3.63) is 5.57 Å². The van der Waals surface area contributed by atoms with Gasteiger partial charge in [-0.1, -0.05) is 0 Å². The first-order chi connectivity index (χ1) is 3.18. The molecule has 0 rings (SSSR count). The summed E-state index contributed by atoms with van der Waals surface area (Å²) in [6.07, 6.45) is 0. The van der Waals surface area contributed by atoms with Crippen LogP contribution in [-0.2, 0) is 9.59 Å². The molecule has 0 amide bonds. The summed E-state index contributed by atoms with van der Waals surface area (Å²) in [5, 5.41) is 0. The number of hydrogen-bond donors (Lipinski definition) is 0. The molecule has 0 fully saturated rings. The van der Waals surface area contributed by atoms with Crippen LogP contribution in [0.15, 0.2) is 5.57 Å². The first kappa shape index (κ1) is 6.12. The average Bonchev–Trinajstić information content (AvgIpc) is 1.65. The second-order valence-electron chi connectivity index (χ2n) is 1.28. The molecule has 0 bridgehead atoms. The van der Waals surface area contributed by atoms with Crippen molar-refractivity contribution in [2.45, 2.75) is 13.8 Å². The normalized spacial score (nSPS) is 7.14. The number of Topliss-reactive ketones (excluding diaryl/α,β-unsaturated/α-hetero) is 1. The first-order valence-corrected chi connectivity index (χ1v) is 1.91.